The predicted octanol–water partition coefficient (Wildman–Crippen LogP) is 6.07. The highest BCUT2D eigenvalue weighted by molar-refractivity contribution is 5.61. The van der Waals surface area contributed by atoms with Crippen LogP contribution < -0.4 is 4.74 Å². The highest BCUT2D eigenvalue weighted by atomic mass is 19.1. The van der Waals surface area contributed by atoms with Crippen LogP contribution in [0.1, 0.15) is 45.9 Å². The van der Waals surface area contributed by atoms with Gasteiger partial charge in [-0.15, -0.1) is 5.10 Å². The SMILES string of the molecule is C=C/C(=C\C)COc1cc2n(n1)CCN(C(=C)c1ccc(F)cc1)C2.CC.CC. The van der Waals surface area contributed by atoms with Gasteiger partial charge in [-0.1, -0.05) is 65.1 Å². The van der Waals surface area contributed by atoms with Crippen molar-refractivity contribution in [2.45, 2.75) is 47.7 Å². The van der Waals surface area contributed by atoms with Crippen molar-refractivity contribution in [3.05, 3.63) is 78.3 Å². The van der Waals surface area contributed by atoms with Gasteiger partial charge in [-0.2, -0.15) is 0 Å². The summed E-state index contributed by atoms with van der Waals surface area (Å²) in [5, 5.41) is 4.50. The van der Waals surface area contributed by atoms with Crippen LogP contribution in [0.4, 0.5) is 4.39 Å². The Morgan fingerprint density at radius 1 is 1.17 bits per heavy atom. The average Bonchev–Trinajstić information content (AvgIpc) is 3.19. The summed E-state index contributed by atoms with van der Waals surface area (Å²) in [6.07, 6.45) is 3.75. The molecule has 29 heavy (non-hydrogen) atoms. The first kappa shape index (κ1) is 24.2. The van der Waals surface area contributed by atoms with Gasteiger partial charge in [0.25, 0.3) is 0 Å². The molecule has 0 atom stereocenters. The molecule has 0 aliphatic carbocycles. The van der Waals surface area contributed by atoms with Crippen LogP contribution >= 0.6 is 0 Å². The van der Waals surface area contributed by atoms with Crippen LogP contribution in [0, 0.1) is 5.82 Å². The van der Waals surface area contributed by atoms with E-state index in [1.165, 1.54) is 12.1 Å². The number of nitrogens with zero attached hydrogens (tertiary/aromatic N) is 3. The van der Waals surface area contributed by atoms with Gasteiger partial charge in [-0.3, -0.25) is 4.68 Å². The summed E-state index contributed by atoms with van der Waals surface area (Å²) in [6, 6.07) is 8.39. The Hall–Kier alpha value is -2.82. The molecule has 5 heteroatoms. The standard InChI is InChI=1S/C20H22FN3O.2C2H6/c1-4-16(5-2)14-25-20-12-19-13-23(10-11-24(19)22-20)15(3)17-6-8-18(21)9-7-17;2*1-2/h4-9,12H,1,3,10-11,13-14H2,2H3;2*1-2H3/b16-5+;;. The zero-order chi connectivity index (χ0) is 21.8. The van der Waals surface area contributed by atoms with Crippen molar-refractivity contribution in [1.29, 1.82) is 0 Å². The monoisotopic (exact) mass is 399 g/mol. The first-order valence-electron chi connectivity index (χ1n) is 10.3. The maximum Gasteiger partial charge on any atom is 0.233 e. The van der Waals surface area contributed by atoms with Crippen molar-refractivity contribution in [3.63, 3.8) is 0 Å². The Morgan fingerprint density at radius 3 is 2.41 bits per heavy atom. The van der Waals surface area contributed by atoms with Crippen LogP contribution in [0.5, 0.6) is 5.88 Å². The summed E-state index contributed by atoms with van der Waals surface area (Å²) in [4.78, 5) is 2.18. The van der Waals surface area contributed by atoms with E-state index in [9.17, 15) is 4.39 Å². The summed E-state index contributed by atoms with van der Waals surface area (Å²) in [7, 11) is 0. The minimum Gasteiger partial charge on any atom is -0.472 e. The van der Waals surface area contributed by atoms with Crippen LogP contribution in [-0.4, -0.2) is 27.8 Å². The molecule has 1 aromatic carbocycles. The van der Waals surface area contributed by atoms with Crippen molar-refractivity contribution in [3.8, 4) is 5.88 Å². The number of ether oxygens (including phenoxy) is 1. The third-order valence-electron chi connectivity index (χ3n) is 4.35. The van der Waals surface area contributed by atoms with E-state index in [1.807, 2.05) is 51.4 Å². The number of hydrogen-bond acceptors (Lipinski definition) is 3. The van der Waals surface area contributed by atoms with Crippen molar-refractivity contribution in [2.75, 3.05) is 13.2 Å². The fourth-order valence-electron chi connectivity index (χ4n) is 2.78. The van der Waals surface area contributed by atoms with Gasteiger partial charge < -0.3 is 9.64 Å². The smallest absolute Gasteiger partial charge is 0.233 e. The molecule has 0 N–H and O–H groups in total. The van der Waals surface area contributed by atoms with Crippen molar-refractivity contribution in [2.24, 2.45) is 0 Å². The quantitative estimate of drug-likeness (QED) is 0.552. The molecule has 0 radical (unpaired) electrons. The van der Waals surface area contributed by atoms with Gasteiger partial charge in [-0.05, 0) is 30.2 Å². The lowest BCUT2D eigenvalue weighted by molar-refractivity contribution is 0.297. The molecule has 1 aromatic heterocycles. The van der Waals surface area contributed by atoms with E-state index in [0.29, 0.717) is 19.0 Å². The molecule has 0 bridgehead atoms. The Morgan fingerprint density at radius 2 is 1.83 bits per heavy atom. The molecule has 4 nitrogen and oxygen atoms in total. The number of aromatic nitrogens is 2. The third-order valence-corrected chi connectivity index (χ3v) is 4.35. The van der Waals surface area contributed by atoms with E-state index < -0.39 is 0 Å². The molecular formula is C24H34FN3O. The average molecular weight is 400 g/mol. The fraction of sp³-hybridized carbons (Fsp3) is 0.375. The first-order chi connectivity index (χ1) is 14.1. The van der Waals surface area contributed by atoms with Gasteiger partial charge in [0.1, 0.15) is 12.4 Å². The maximum absolute atomic E-state index is 13.1. The molecule has 0 spiro atoms. The van der Waals surface area contributed by atoms with Crippen molar-refractivity contribution >= 4 is 5.70 Å². The number of benzene rings is 1. The highest BCUT2D eigenvalue weighted by Crippen LogP contribution is 2.25. The molecule has 0 saturated heterocycles. The topological polar surface area (TPSA) is 30.3 Å². The second-order valence-corrected chi connectivity index (χ2v) is 5.93. The molecule has 158 valence electrons. The van der Waals surface area contributed by atoms with Gasteiger partial charge in [0.15, 0.2) is 0 Å². The minimum atomic E-state index is -0.241. The summed E-state index contributed by atoms with van der Waals surface area (Å²) >= 11 is 0. The summed E-state index contributed by atoms with van der Waals surface area (Å²) in [6.45, 7) is 20.6. The highest BCUT2D eigenvalue weighted by Gasteiger charge is 2.20. The normalized spacial score (nSPS) is 12.6. The number of fused-ring (bicyclic) bond motifs is 1. The molecular weight excluding hydrogens is 365 g/mol. The minimum absolute atomic E-state index is 0.241. The Balaban J connectivity index is 0.000000989. The fourth-order valence-corrected chi connectivity index (χ4v) is 2.78. The van der Waals surface area contributed by atoms with Crippen molar-refractivity contribution < 1.29 is 9.13 Å². The van der Waals surface area contributed by atoms with Crippen LogP contribution in [0.15, 0.2) is 61.2 Å². The number of hydrogen-bond donors (Lipinski definition) is 0. The molecule has 2 heterocycles. The molecule has 0 fully saturated rings. The Kier molecular flexibility index (Phi) is 10.5. The molecule has 0 amide bonds. The molecule has 1 aliphatic rings. The van der Waals surface area contributed by atoms with E-state index >= 15 is 0 Å². The second kappa shape index (κ2) is 12.6. The maximum atomic E-state index is 13.1. The molecule has 2 aromatic rings. The third kappa shape index (κ3) is 6.63. The van der Waals surface area contributed by atoms with Crippen LogP contribution in [0.3, 0.4) is 0 Å². The Labute approximate surface area is 175 Å². The number of rotatable bonds is 6. The van der Waals surface area contributed by atoms with E-state index in [1.54, 1.807) is 18.2 Å². The van der Waals surface area contributed by atoms with Crippen molar-refractivity contribution in [1.82, 2.24) is 14.7 Å². The van der Waals surface area contributed by atoms with Gasteiger partial charge in [0.05, 0.1) is 18.8 Å². The lowest BCUT2D eigenvalue weighted by Gasteiger charge is -2.31. The van der Waals surface area contributed by atoms with Gasteiger partial charge in [0.2, 0.25) is 5.88 Å². The lowest BCUT2D eigenvalue weighted by Crippen LogP contribution is -2.32. The summed E-state index contributed by atoms with van der Waals surface area (Å²) in [5.74, 6) is 0.375. The number of halogens is 1. The van der Waals surface area contributed by atoms with E-state index in [-0.39, 0.29) is 5.82 Å². The van der Waals surface area contributed by atoms with Gasteiger partial charge in [0, 0.05) is 18.3 Å². The molecule has 0 saturated carbocycles. The van der Waals surface area contributed by atoms with E-state index in [2.05, 4.69) is 23.2 Å². The van der Waals surface area contributed by atoms with Crippen LogP contribution in [-0.2, 0) is 13.1 Å². The summed E-state index contributed by atoms with van der Waals surface area (Å²) < 4.78 is 20.8. The second-order valence-electron chi connectivity index (χ2n) is 5.93. The van der Waals surface area contributed by atoms with E-state index in [4.69, 9.17) is 4.74 Å². The van der Waals surface area contributed by atoms with Crippen LogP contribution in [0.2, 0.25) is 0 Å². The van der Waals surface area contributed by atoms with Gasteiger partial charge >= 0.3 is 0 Å². The zero-order valence-electron chi connectivity index (χ0n) is 18.4. The largest absolute Gasteiger partial charge is 0.472 e. The zero-order valence-corrected chi connectivity index (χ0v) is 18.4. The predicted molar refractivity (Wildman–Crippen MR) is 120 cm³/mol. The van der Waals surface area contributed by atoms with E-state index in [0.717, 1.165) is 35.6 Å². The first-order valence-corrected chi connectivity index (χ1v) is 10.3. The number of allylic oxidation sites excluding steroid dienone is 1. The molecule has 0 unspecified atom stereocenters. The molecule has 1 aliphatic heterocycles. The molecule has 3 rings (SSSR count). The Bertz CT molecular complexity index is 806. The van der Waals surface area contributed by atoms with Crippen LogP contribution in [0.25, 0.3) is 5.70 Å². The summed E-state index contributed by atoms with van der Waals surface area (Å²) in [5.41, 5.74) is 3.91. The van der Waals surface area contributed by atoms with Gasteiger partial charge in [-0.25, -0.2) is 4.39 Å². The lowest BCUT2D eigenvalue weighted by atomic mass is 10.1.